The van der Waals surface area contributed by atoms with Gasteiger partial charge in [0.05, 0.1) is 6.61 Å². The molecule has 0 saturated carbocycles. The van der Waals surface area contributed by atoms with Crippen molar-refractivity contribution in [1.82, 2.24) is 9.88 Å². The zero-order chi connectivity index (χ0) is 13.2. The van der Waals surface area contributed by atoms with E-state index in [9.17, 15) is 5.11 Å². The van der Waals surface area contributed by atoms with E-state index >= 15 is 0 Å². The van der Waals surface area contributed by atoms with Crippen LogP contribution < -0.4 is 5.32 Å². The molecule has 2 heterocycles. The molecule has 1 aromatic carbocycles. The van der Waals surface area contributed by atoms with E-state index in [1.807, 2.05) is 0 Å². The van der Waals surface area contributed by atoms with E-state index in [-0.39, 0.29) is 6.61 Å². The van der Waals surface area contributed by atoms with Crippen molar-refractivity contribution in [3.8, 4) is 0 Å². The molecule has 1 atom stereocenters. The lowest BCUT2D eigenvalue weighted by Gasteiger charge is -2.23. The summed E-state index contributed by atoms with van der Waals surface area (Å²) in [5.41, 5.74) is 4.06. The van der Waals surface area contributed by atoms with Gasteiger partial charge < -0.3 is 15.0 Å². The van der Waals surface area contributed by atoms with Gasteiger partial charge in [0.2, 0.25) is 0 Å². The van der Waals surface area contributed by atoms with E-state index in [0.29, 0.717) is 12.5 Å². The molecule has 1 aliphatic heterocycles. The van der Waals surface area contributed by atoms with E-state index in [0.717, 1.165) is 13.1 Å². The van der Waals surface area contributed by atoms with Crippen molar-refractivity contribution in [2.45, 2.75) is 32.2 Å². The topological polar surface area (TPSA) is 37.2 Å². The molecule has 0 spiro atoms. The van der Waals surface area contributed by atoms with Crippen molar-refractivity contribution in [2.75, 3.05) is 19.7 Å². The molecule has 3 rings (SSSR count). The lowest BCUT2D eigenvalue weighted by Crippen LogP contribution is -2.28. The Bertz CT molecular complexity index is 567. The maximum absolute atomic E-state index is 9.29. The summed E-state index contributed by atoms with van der Waals surface area (Å²) in [4.78, 5) is 0. The van der Waals surface area contributed by atoms with Gasteiger partial charge in [-0.1, -0.05) is 18.2 Å². The normalized spacial score (nSPS) is 20.0. The van der Waals surface area contributed by atoms with Crippen molar-refractivity contribution >= 4 is 10.9 Å². The molecule has 0 amide bonds. The van der Waals surface area contributed by atoms with Crippen molar-refractivity contribution < 1.29 is 5.11 Å². The molecule has 0 aliphatic carbocycles. The van der Waals surface area contributed by atoms with Gasteiger partial charge >= 0.3 is 0 Å². The predicted molar refractivity (Wildman–Crippen MR) is 78.6 cm³/mol. The summed E-state index contributed by atoms with van der Waals surface area (Å²) in [5.74, 6) is 0.610. The van der Waals surface area contributed by atoms with Crippen LogP contribution in [-0.4, -0.2) is 29.4 Å². The summed E-state index contributed by atoms with van der Waals surface area (Å²) in [5, 5.41) is 14.2. The number of benzene rings is 1. The lowest BCUT2D eigenvalue weighted by molar-refractivity contribution is 0.277. The van der Waals surface area contributed by atoms with Crippen LogP contribution in [0.1, 0.15) is 30.0 Å². The SMILES string of the molecule is Cc1c(C2CCCNC2)c2ccccc2n1CCO. The largest absolute Gasteiger partial charge is 0.395 e. The molecule has 102 valence electrons. The molecule has 0 bridgehead atoms. The van der Waals surface area contributed by atoms with Crippen molar-refractivity contribution in [2.24, 2.45) is 0 Å². The van der Waals surface area contributed by atoms with Crippen LogP contribution in [0.25, 0.3) is 10.9 Å². The molecule has 0 radical (unpaired) electrons. The molecule has 1 unspecified atom stereocenters. The maximum atomic E-state index is 9.29. The zero-order valence-corrected chi connectivity index (χ0v) is 11.5. The lowest BCUT2D eigenvalue weighted by atomic mass is 9.89. The number of hydrogen-bond acceptors (Lipinski definition) is 2. The Morgan fingerprint density at radius 2 is 2.21 bits per heavy atom. The molecule has 3 nitrogen and oxygen atoms in total. The van der Waals surface area contributed by atoms with Crippen LogP contribution >= 0.6 is 0 Å². The number of aromatic nitrogens is 1. The summed E-state index contributed by atoms with van der Waals surface area (Å²) >= 11 is 0. The minimum atomic E-state index is 0.196. The van der Waals surface area contributed by atoms with Crippen LogP contribution in [0.4, 0.5) is 0 Å². The highest BCUT2D eigenvalue weighted by atomic mass is 16.3. The fraction of sp³-hybridized carbons (Fsp3) is 0.500. The number of aliphatic hydroxyl groups excluding tert-OH is 1. The first-order valence-electron chi connectivity index (χ1n) is 7.22. The summed E-state index contributed by atoms with van der Waals surface area (Å²) in [6, 6.07) is 8.58. The number of piperidine rings is 1. The summed E-state index contributed by atoms with van der Waals surface area (Å²) in [6.07, 6.45) is 2.52. The molecule has 1 aliphatic rings. The van der Waals surface area contributed by atoms with Crippen molar-refractivity contribution in [3.63, 3.8) is 0 Å². The van der Waals surface area contributed by atoms with Gasteiger partial charge in [-0.3, -0.25) is 0 Å². The third-order valence-corrected chi connectivity index (χ3v) is 4.31. The number of rotatable bonds is 3. The fourth-order valence-corrected chi connectivity index (χ4v) is 3.46. The molecule has 2 N–H and O–H groups in total. The van der Waals surface area contributed by atoms with Gasteiger partial charge in [-0.25, -0.2) is 0 Å². The van der Waals surface area contributed by atoms with Crippen LogP contribution in [0.5, 0.6) is 0 Å². The molecule has 1 fully saturated rings. The Morgan fingerprint density at radius 3 is 2.95 bits per heavy atom. The third kappa shape index (κ3) is 2.17. The maximum Gasteiger partial charge on any atom is 0.0610 e. The first kappa shape index (κ1) is 12.7. The van der Waals surface area contributed by atoms with E-state index in [1.54, 1.807) is 0 Å². The highest BCUT2D eigenvalue weighted by Gasteiger charge is 2.22. The molecule has 1 saturated heterocycles. The highest BCUT2D eigenvalue weighted by Crippen LogP contribution is 2.34. The number of nitrogens with zero attached hydrogens (tertiary/aromatic N) is 1. The molecule has 3 heteroatoms. The Labute approximate surface area is 114 Å². The molecule has 19 heavy (non-hydrogen) atoms. The van der Waals surface area contributed by atoms with Crippen molar-refractivity contribution in [3.05, 3.63) is 35.5 Å². The number of aliphatic hydroxyl groups is 1. The zero-order valence-electron chi connectivity index (χ0n) is 11.5. The summed E-state index contributed by atoms with van der Waals surface area (Å²) < 4.78 is 2.26. The minimum Gasteiger partial charge on any atom is -0.395 e. The third-order valence-electron chi connectivity index (χ3n) is 4.31. The van der Waals surface area contributed by atoms with Gasteiger partial charge in [0.15, 0.2) is 0 Å². The Balaban J connectivity index is 2.14. The number of hydrogen-bond donors (Lipinski definition) is 2. The minimum absolute atomic E-state index is 0.196. The summed E-state index contributed by atoms with van der Waals surface area (Å²) in [7, 11) is 0. The van der Waals surface area contributed by atoms with Crippen LogP contribution in [0.3, 0.4) is 0 Å². The number of nitrogens with one attached hydrogen (secondary N) is 1. The second-order valence-corrected chi connectivity index (χ2v) is 5.43. The van der Waals surface area contributed by atoms with Gasteiger partial charge in [-0.15, -0.1) is 0 Å². The van der Waals surface area contributed by atoms with Crippen molar-refractivity contribution in [1.29, 1.82) is 0 Å². The predicted octanol–water partition coefficient (Wildman–Crippen LogP) is 2.41. The van der Waals surface area contributed by atoms with Gasteiger partial charge in [-0.2, -0.15) is 0 Å². The van der Waals surface area contributed by atoms with E-state index in [2.05, 4.69) is 41.1 Å². The van der Waals surface area contributed by atoms with Gasteiger partial charge in [0.25, 0.3) is 0 Å². The number of fused-ring (bicyclic) bond motifs is 1. The van der Waals surface area contributed by atoms with E-state index in [4.69, 9.17) is 0 Å². The molecular weight excluding hydrogens is 236 g/mol. The van der Waals surface area contributed by atoms with Crippen LogP contribution in [0.2, 0.25) is 0 Å². The highest BCUT2D eigenvalue weighted by molar-refractivity contribution is 5.86. The van der Waals surface area contributed by atoms with Gasteiger partial charge in [0, 0.05) is 29.7 Å². The fourth-order valence-electron chi connectivity index (χ4n) is 3.46. The van der Waals surface area contributed by atoms with E-state index < -0.39 is 0 Å². The van der Waals surface area contributed by atoms with Crippen LogP contribution in [0, 0.1) is 6.92 Å². The second kappa shape index (κ2) is 5.35. The Hall–Kier alpha value is -1.32. The molecular formula is C16H22N2O. The Morgan fingerprint density at radius 1 is 1.37 bits per heavy atom. The summed E-state index contributed by atoms with van der Waals surface area (Å²) in [6.45, 7) is 5.30. The molecule has 2 aromatic rings. The molecule has 1 aromatic heterocycles. The van der Waals surface area contributed by atoms with Crippen LogP contribution in [-0.2, 0) is 6.54 Å². The monoisotopic (exact) mass is 258 g/mol. The second-order valence-electron chi connectivity index (χ2n) is 5.43. The smallest absolute Gasteiger partial charge is 0.0610 e. The standard InChI is InChI=1S/C16H22N2O/c1-12-16(13-5-4-8-17-11-13)14-6-2-3-7-15(14)18(12)9-10-19/h2-3,6-7,13,17,19H,4-5,8-11H2,1H3. The Kier molecular flexibility index (Phi) is 3.58. The first-order valence-corrected chi connectivity index (χ1v) is 7.22. The van der Waals surface area contributed by atoms with Gasteiger partial charge in [-0.05, 0) is 43.9 Å². The quantitative estimate of drug-likeness (QED) is 0.887. The average Bonchev–Trinajstić information content (AvgIpc) is 2.73. The van der Waals surface area contributed by atoms with Gasteiger partial charge in [0.1, 0.15) is 0 Å². The first-order chi connectivity index (χ1) is 9.33. The van der Waals surface area contributed by atoms with E-state index in [1.165, 1.54) is 35.0 Å². The van der Waals surface area contributed by atoms with Crippen LogP contribution in [0.15, 0.2) is 24.3 Å². The number of para-hydroxylation sites is 1. The average molecular weight is 258 g/mol.